The lowest BCUT2D eigenvalue weighted by Crippen LogP contribution is -2.04. The van der Waals surface area contributed by atoms with Gasteiger partial charge in [0.05, 0.1) is 24.5 Å². The largest absolute Gasteiger partial charge is 0.490 e. The van der Waals surface area contributed by atoms with Gasteiger partial charge in [-0.25, -0.2) is 4.79 Å². The highest BCUT2D eigenvalue weighted by Gasteiger charge is 2.21. The molecule has 134 valence electrons. The molecule has 0 spiro atoms. The van der Waals surface area contributed by atoms with E-state index >= 15 is 0 Å². The lowest BCUT2D eigenvalue weighted by atomic mass is 10.1. The summed E-state index contributed by atoms with van der Waals surface area (Å²) in [6, 6.07) is 15.8. The molecule has 1 aliphatic heterocycles. The summed E-state index contributed by atoms with van der Waals surface area (Å²) in [5, 5.41) is 3.68. The van der Waals surface area contributed by atoms with Crippen LogP contribution in [0.25, 0.3) is 6.08 Å². The Kier molecular flexibility index (Phi) is 5.69. The van der Waals surface area contributed by atoms with E-state index in [0.717, 1.165) is 12.0 Å². The van der Waals surface area contributed by atoms with Crippen molar-refractivity contribution in [3.8, 4) is 11.5 Å². The Hall–Kier alpha value is -3.08. The van der Waals surface area contributed by atoms with Crippen LogP contribution in [0.15, 0.2) is 59.3 Å². The van der Waals surface area contributed by atoms with Gasteiger partial charge in [0.25, 0.3) is 0 Å². The molecule has 0 saturated heterocycles. The Labute approximate surface area is 152 Å². The molecular formula is C21H21NO4. The molecule has 26 heavy (non-hydrogen) atoms. The van der Waals surface area contributed by atoms with Crippen LogP contribution in [0.1, 0.15) is 25.0 Å². The van der Waals surface area contributed by atoms with Crippen molar-refractivity contribution in [3.05, 3.63) is 65.2 Å². The smallest absolute Gasteiger partial charge is 0.367 e. The summed E-state index contributed by atoms with van der Waals surface area (Å²) in [6.07, 6.45) is 2.56. The van der Waals surface area contributed by atoms with Crippen LogP contribution in [0.3, 0.4) is 0 Å². The van der Waals surface area contributed by atoms with Gasteiger partial charge in [0.1, 0.15) is 0 Å². The maximum atomic E-state index is 11.7. The van der Waals surface area contributed by atoms with Crippen LogP contribution >= 0.6 is 0 Å². The number of carbonyl (C=O) groups excluding carboxylic acids is 1. The van der Waals surface area contributed by atoms with E-state index in [9.17, 15) is 4.79 Å². The van der Waals surface area contributed by atoms with Crippen molar-refractivity contribution in [2.75, 3.05) is 13.2 Å². The van der Waals surface area contributed by atoms with Crippen molar-refractivity contribution in [1.82, 2.24) is 0 Å². The summed E-state index contributed by atoms with van der Waals surface area (Å²) in [4.78, 5) is 16.4. The van der Waals surface area contributed by atoms with Gasteiger partial charge in [0, 0.05) is 6.42 Å². The molecule has 1 heterocycles. The number of hydrogen-bond acceptors (Lipinski definition) is 5. The van der Waals surface area contributed by atoms with Crippen LogP contribution < -0.4 is 9.47 Å². The topological polar surface area (TPSA) is 57.1 Å². The average Bonchev–Trinajstić information content (AvgIpc) is 2.96. The van der Waals surface area contributed by atoms with E-state index in [0.29, 0.717) is 36.0 Å². The summed E-state index contributed by atoms with van der Waals surface area (Å²) in [7, 11) is 0. The average molecular weight is 351 g/mol. The predicted molar refractivity (Wildman–Crippen MR) is 100 cm³/mol. The molecule has 1 aliphatic rings. The van der Waals surface area contributed by atoms with Gasteiger partial charge in [-0.15, -0.1) is 0 Å². The zero-order valence-electron chi connectivity index (χ0n) is 14.9. The molecule has 0 aromatic heterocycles. The minimum absolute atomic E-state index is 0.441. The van der Waals surface area contributed by atoms with E-state index in [1.807, 2.05) is 43.3 Å². The molecule has 5 heteroatoms. The first-order chi connectivity index (χ1) is 12.7. The van der Waals surface area contributed by atoms with Gasteiger partial charge in [0.15, 0.2) is 11.5 Å². The van der Waals surface area contributed by atoms with Crippen LogP contribution in [0.5, 0.6) is 11.5 Å². The second-order valence-corrected chi connectivity index (χ2v) is 5.84. The molecule has 2 aromatic carbocycles. The van der Waals surface area contributed by atoms with Crippen molar-refractivity contribution >= 4 is 17.8 Å². The van der Waals surface area contributed by atoms with Crippen LogP contribution in [-0.4, -0.2) is 24.9 Å². The summed E-state index contributed by atoms with van der Waals surface area (Å²) in [5.74, 6) is 0.892. The first-order valence-electron chi connectivity index (χ1n) is 8.59. The van der Waals surface area contributed by atoms with Gasteiger partial charge in [-0.2, -0.15) is 0 Å². The van der Waals surface area contributed by atoms with Crippen molar-refractivity contribution < 1.29 is 19.1 Å². The van der Waals surface area contributed by atoms with Crippen molar-refractivity contribution in [3.63, 3.8) is 0 Å². The first kappa shape index (κ1) is 17.7. The van der Waals surface area contributed by atoms with E-state index in [1.54, 1.807) is 13.0 Å². The van der Waals surface area contributed by atoms with E-state index in [-0.39, 0.29) is 0 Å². The van der Waals surface area contributed by atoms with E-state index in [1.165, 1.54) is 5.56 Å². The van der Waals surface area contributed by atoms with Gasteiger partial charge in [-0.3, -0.25) is 0 Å². The lowest BCUT2D eigenvalue weighted by Gasteiger charge is -2.13. The van der Waals surface area contributed by atoms with Crippen molar-refractivity contribution in [2.24, 2.45) is 5.16 Å². The molecule has 0 amide bonds. The normalized spacial score (nSPS) is 14.9. The predicted octanol–water partition coefficient (Wildman–Crippen LogP) is 4.02. The third-order valence-corrected chi connectivity index (χ3v) is 3.94. The number of benzene rings is 2. The number of hydrogen-bond donors (Lipinski definition) is 0. The zero-order chi connectivity index (χ0) is 18.4. The number of oxime groups is 1. The van der Waals surface area contributed by atoms with Crippen LogP contribution in [0.4, 0.5) is 0 Å². The molecule has 0 atom stereocenters. The molecular weight excluding hydrogens is 330 g/mol. The third-order valence-electron chi connectivity index (χ3n) is 3.94. The Morgan fingerprint density at radius 1 is 1.08 bits per heavy atom. The standard InChI is InChI=1S/C21H21NO4/c1-3-24-20-14-17(13-18-15(2)22-26-21(18)23)9-10-19(20)25-12-11-16-7-5-4-6-8-16/h4-10,13-14H,3,11-12H2,1-2H3/b18-13-. The van der Waals surface area contributed by atoms with Gasteiger partial charge >= 0.3 is 5.97 Å². The van der Waals surface area contributed by atoms with Gasteiger partial charge < -0.3 is 14.3 Å². The Balaban J connectivity index is 1.73. The van der Waals surface area contributed by atoms with E-state index < -0.39 is 5.97 Å². The highest BCUT2D eigenvalue weighted by Crippen LogP contribution is 2.30. The molecule has 0 saturated carbocycles. The Morgan fingerprint density at radius 3 is 2.58 bits per heavy atom. The van der Waals surface area contributed by atoms with E-state index in [2.05, 4.69) is 22.1 Å². The molecule has 5 nitrogen and oxygen atoms in total. The number of ether oxygens (including phenoxy) is 2. The highest BCUT2D eigenvalue weighted by atomic mass is 16.7. The molecule has 0 fully saturated rings. The SMILES string of the molecule is CCOc1cc(/C=C2\C(=O)ON=C2C)ccc1OCCc1ccccc1. The van der Waals surface area contributed by atoms with Crippen LogP contribution in [0, 0.1) is 0 Å². The fraction of sp³-hybridized carbons (Fsp3) is 0.238. The molecule has 0 unspecified atom stereocenters. The molecule has 0 radical (unpaired) electrons. The molecule has 2 aromatic rings. The molecule has 3 rings (SSSR count). The molecule has 0 bridgehead atoms. The van der Waals surface area contributed by atoms with Crippen LogP contribution in [0.2, 0.25) is 0 Å². The van der Waals surface area contributed by atoms with E-state index in [4.69, 9.17) is 9.47 Å². The number of rotatable bonds is 7. The third kappa shape index (κ3) is 4.30. The minimum atomic E-state index is -0.441. The maximum absolute atomic E-state index is 11.7. The van der Waals surface area contributed by atoms with Crippen molar-refractivity contribution in [2.45, 2.75) is 20.3 Å². The van der Waals surface area contributed by atoms with Gasteiger partial charge in [-0.1, -0.05) is 41.6 Å². The summed E-state index contributed by atoms with van der Waals surface area (Å²) in [6.45, 7) is 4.74. The summed E-state index contributed by atoms with van der Waals surface area (Å²) < 4.78 is 11.6. The number of nitrogens with zero attached hydrogens (tertiary/aromatic N) is 1. The van der Waals surface area contributed by atoms with Crippen LogP contribution in [-0.2, 0) is 16.1 Å². The lowest BCUT2D eigenvalue weighted by molar-refractivity contribution is -0.136. The highest BCUT2D eigenvalue weighted by molar-refractivity contribution is 6.24. The monoisotopic (exact) mass is 351 g/mol. The van der Waals surface area contributed by atoms with Gasteiger partial charge in [-0.05, 0) is 43.2 Å². The quantitative estimate of drug-likeness (QED) is 0.558. The zero-order valence-corrected chi connectivity index (χ0v) is 14.9. The minimum Gasteiger partial charge on any atom is -0.490 e. The van der Waals surface area contributed by atoms with Gasteiger partial charge in [0.2, 0.25) is 0 Å². The fourth-order valence-electron chi connectivity index (χ4n) is 2.61. The first-order valence-corrected chi connectivity index (χ1v) is 8.59. The maximum Gasteiger partial charge on any atom is 0.367 e. The van der Waals surface area contributed by atoms with Crippen molar-refractivity contribution in [1.29, 1.82) is 0 Å². The summed E-state index contributed by atoms with van der Waals surface area (Å²) >= 11 is 0. The second kappa shape index (κ2) is 8.34. The Bertz CT molecular complexity index is 840. The second-order valence-electron chi connectivity index (χ2n) is 5.84. The number of carbonyl (C=O) groups is 1. The Morgan fingerprint density at radius 2 is 1.88 bits per heavy atom. The molecule has 0 aliphatic carbocycles. The fourth-order valence-corrected chi connectivity index (χ4v) is 2.61. The summed E-state index contributed by atoms with van der Waals surface area (Å²) in [5.41, 5.74) is 3.06. The molecule has 0 N–H and O–H groups in total.